The molecule has 3 aromatic rings. The van der Waals surface area contributed by atoms with E-state index in [0.717, 1.165) is 0 Å². The van der Waals surface area contributed by atoms with Gasteiger partial charge < -0.3 is 0 Å². The largest absolute Gasteiger partial charge is 0.112 e. The van der Waals surface area contributed by atoms with Crippen LogP contribution in [0.1, 0.15) is 103 Å². The molecule has 0 bridgehead atoms. The van der Waals surface area contributed by atoms with Crippen LogP contribution in [0.4, 0.5) is 0 Å². The lowest BCUT2D eigenvalue weighted by Gasteiger charge is -2.27. The summed E-state index contributed by atoms with van der Waals surface area (Å²) < 4.78 is 1.33. The smallest absolute Gasteiger partial charge is 0.0864 e. The van der Waals surface area contributed by atoms with Gasteiger partial charge in [0, 0.05) is 0 Å². The zero-order valence-corrected chi connectivity index (χ0v) is 26.8. The zero-order chi connectivity index (χ0) is 26.6. The minimum atomic E-state index is -1.64. The van der Waals surface area contributed by atoms with Gasteiger partial charge in [-0.15, -0.1) is 0 Å². The number of benzene rings is 3. The number of halogens is 1. The third-order valence-corrected chi connectivity index (χ3v) is 13.3. The van der Waals surface area contributed by atoms with E-state index in [1.54, 1.807) is 0 Å². The number of alkyl halides is 1. The van der Waals surface area contributed by atoms with E-state index in [1.165, 1.54) is 129 Å². The zero-order valence-electron chi connectivity index (χ0n) is 23.7. The second-order valence-electron chi connectivity index (χ2n) is 10.9. The molecule has 0 amide bonds. The molecule has 0 heterocycles. The molecule has 2 heteroatoms. The third kappa shape index (κ3) is 10.8. The van der Waals surface area contributed by atoms with Crippen molar-refractivity contribution < 1.29 is 0 Å². The van der Waals surface area contributed by atoms with E-state index in [9.17, 15) is 0 Å². The lowest BCUT2D eigenvalue weighted by Crippen LogP contribution is -2.33. The summed E-state index contributed by atoms with van der Waals surface area (Å²) in [6.45, 7) is 0. The molecule has 38 heavy (non-hydrogen) atoms. The number of unbranched alkanes of at least 4 members (excludes halogenated alkanes) is 15. The van der Waals surface area contributed by atoms with Gasteiger partial charge in [0.25, 0.3) is 0 Å². The first kappa shape index (κ1) is 31.3. The fourth-order valence-corrected chi connectivity index (χ4v) is 10.7. The van der Waals surface area contributed by atoms with Crippen LogP contribution >= 0.6 is 29.9 Å². The van der Waals surface area contributed by atoms with E-state index in [-0.39, 0.29) is 0 Å². The van der Waals surface area contributed by atoms with Crippen LogP contribution in [0.2, 0.25) is 0 Å². The number of hydrogen-bond donors (Lipinski definition) is 0. The maximum atomic E-state index is 2.50. The number of rotatable bonds is 21. The Balaban J connectivity index is 1.38. The van der Waals surface area contributed by atoms with E-state index >= 15 is 0 Å². The Morgan fingerprint density at radius 2 is 0.605 bits per heavy atom. The molecule has 0 aliphatic rings. The van der Waals surface area contributed by atoms with Crippen molar-refractivity contribution in [2.24, 2.45) is 0 Å². The van der Waals surface area contributed by atoms with E-state index in [2.05, 4.69) is 114 Å². The summed E-state index contributed by atoms with van der Waals surface area (Å²) in [6, 6.07) is 34.1. The highest BCUT2D eigenvalue weighted by Gasteiger charge is 2.44. The molecule has 0 aromatic heterocycles. The Morgan fingerprint density at radius 3 is 0.895 bits per heavy atom. The second-order valence-corrected chi connectivity index (χ2v) is 15.6. The fraction of sp³-hybridized carbons (Fsp3) is 0.500. The van der Waals surface area contributed by atoms with E-state index in [1.807, 2.05) is 0 Å². The Hall–Kier alpha value is -1.18. The topological polar surface area (TPSA) is 0 Å². The SMILES string of the molecule is ICCCCCCCCCCCCCCCCCC[P+](c1ccccc1)(c1ccccc1)c1ccccc1. The second kappa shape index (κ2) is 19.8. The van der Waals surface area contributed by atoms with Gasteiger partial charge >= 0.3 is 0 Å². The van der Waals surface area contributed by atoms with Crippen molar-refractivity contribution in [1.29, 1.82) is 0 Å². The third-order valence-electron chi connectivity index (χ3n) is 7.97. The molecule has 0 aliphatic carbocycles. The highest BCUT2D eigenvalue weighted by Crippen LogP contribution is 2.56. The first-order valence-electron chi connectivity index (χ1n) is 15.5. The Bertz CT molecular complexity index is 844. The van der Waals surface area contributed by atoms with Gasteiger partial charge in [0.1, 0.15) is 23.2 Å². The van der Waals surface area contributed by atoms with E-state index in [4.69, 9.17) is 0 Å². The molecule has 0 fully saturated rings. The molecule has 0 nitrogen and oxygen atoms in total. The van der Waals surface area contributed by atoms with Crippen LogP contribution in [0, 0.1) is 0 Å². The van der Waals surface area contributed by atoms with Crippen molar-refractivity contribution in [3.8, 4) is 0 Å². The van der Waals surface area contributed by atoms with Crippen molar-refractivity contribution in [3.63, 3.8) is 0 Å². The summed E-state index contributed by atoms with van der Waals surface area (Å²) in [7, 11) is -1.64. The highest BCUT2D eigenvalue weighted by molar-refractivity contribution is 14.1. The van der Waals surface area contributed by atoms with Crippen LogP contribution in [0.25, 0.3) is 0 Å². The van der Waals surface area contributed by atoms with Gasteiger partial charge in [-0.25, -0.2) is 0 Å². The molecule has 0 saturated heterocycles. The normalized spacial score (nSPS) is 11.6. The Morgan fingerprint density at radius 1 is 0.342 bits per heavy atom. The average molecular weight is 642 g/mol. The highest BCUT2D eigenvalue weighted by atomic mass is 127. The number of hydrogen-bond acceptors (Lipinski definition) is 0. The van der Waals surface area contributed by atoms with Crippen LogP contribution in [-0.4, -0.2) is 10.6 Å². The molecule has 0 radical (unpaired) electrons. The van der Waals surface area contributed by atoms with E-state index in [0.29, 0.717) is 0 Å². The van der Waals surface area contributed by atoms with Crippen molar-refractivity contribution in [2.45, 2.75) is 103 Å². The molecule has 0 atom stereocenters. The van der Waals surface area contributed by atoms with Gasteiger partial charge in [-0.2, -0.15) is 0 Å². The van der Waals surface area contributed by atoms with Crippen molar-refractivity contribution in [3.05, 3.63) is 91.0 Å². The molecule has 0 aliphatic heterocycles. The lowest BCUT2D eigenvalue weighted by molar-refractivity contribution is 0.532. The molecule has 3 aromatic carbocycles. The summed E-state index contributed by atoms with van der Waals surface area (Å²) in [5, 5.41) is 4.57. The van der Waals surface area contributed by atoms with Gasteiger partial charge in [0.2, 0.25) is 0 Å². The molecule has 0 N–H and O–H groups in total. The predicted molar refractivity (Wildman–Crippen MR) is 183 cm³/mol. The molecule has 0 saturated carbocycles. The van der Waals surface area contributed by atoms with Crippen LogP contribution in [0.15, 0.2) is 91.0 Å². The minimum Gasteiger partial charge on any atom is -0.0864 e. The Kier molecular flexibility index (Phi) is 16.3. The molecule has 0 spiro atoms. The summed E-state index contributed by atoms with van der Waals surface area (Å²) in [6.07, 6.45) is 24.1. The van der Waals surface area contributed by atoms with E-state index < -0.39 is 7.26 Å². The minimum absolute atomic E-state index is 1.27. The maximum Gasteiger partial charge on any atom is 0.112 e. The fourth-order valence-electron chi connectivity index (χ4n) is 5.80. The van der Waals surface area contributed by atoms with Crippen LogP contribution in [0.3, 0.4) is 0 Å². The van der Waals surface area contributed by atoms with Gasteiger partial charge in [-0.3, -0.25) is 0 Å². The lowest BCUT2D eigenvalue weighted by atomic mass is 10.0. The van der Waals surface area contributed by atoms with Crippen molar-refractivity contribution in [1.82, 2.24) is 0 Å². The quantitative estimate of drug-likeness (QED) is 0.0470. The maximum absolute atomic E-state index is 2.50. The van der Waals surface area contributed by atoms with Gasteiger partial charge in [-0.05, 0) is 60.1 Å². The molecule has 206 valence electrons. The molecular formula is C36H51IP+. The predicted octanol–water partition coefficient (Wildman–Crippen LogP) is 10.7. The summed E-state index contributed by atoms with van der Waals surface area (Å²) >= 11 is 2.50. The summed E-state index contributed by atoms with van der Waals surface area (Å²) in [4.78, 5) is 0. The molecule has 3 rings (SSSR count). The van der Waals surface area contributed by atoms with Crippen LogP contribution < -0.4 is 15.9 Å². The van der Waals surface area contributed by atoms with Crippen molar-refractivity contribution >= 4 is 45.8 Å². The van der Waals surface area contributed by atoms with Gasteiger partial charge in [0.15, 0.2) is 0 Å². The molecule has 0 unspecified atom stereocenters. The van der Waals surface area contributed by atoms with Crippen molar-refractivity contribution in [2.75, 3.05) is 10.6 Å². The van der Waals surface area contributed by atoms with Crippen LogP contribution in [0.5, 0.6) is 0 Å². The molecular weight excluding hydrogens is 590 g/mol. The van der Waals surface area contributed by atoms with Gasteiger partial charge in [0.05, 0.1) is 6.16 Å². The Labute approximate surface area is 248 Å². The average Bonchev–Trinajstić information content (AvgIpc) is 2.98. The van der Waals surface area contributed by atoms with Crippen LogP contribution in [-0.2, 0) is 0 Å². The van der Waals surface area contributed by atoms with Gasteiger partial charge in [-0.1, -0.05) is 161 Å². The summed E-state index contributed by atoms with van der Waals surface area (Å²) in [5.74, 6) is 0. The summed E-state index contributed by atoms with van der Waals surface area (Å²) in [5.41, 5.74) is 0. The monoisotopic (exact) mass is 641 g/mol. The first-order chi connectivity index (χ1) is 18.9. The first-order valence-corrected chi connectivity index (χ1v) is 19.0. The standard InChI is InChI=1S/C36H51IP/c37-32-24-13-11-9-7-5-3-1-2-4-6-8-10-12-14-25-33-38(34-26-18-15-19-27-34,35-28-20-16-21-29-35)36-30-22-17-23-31-36/h15-23,26-31H,1-14,24-25,32-33H2/q+1.